The minimum atomic E-state index is -1.03. The highest BCUT2D eigenvalue weighted by atomic mass is 32.1. The summed E-state index contributed by atoms with van der Waals surface area (Å²) in [6.07, 6.45) is 0.372. The van der Waals surface area contributed by atoms with Crippen LogP contribution in [0.15, 0.2) is 51.7 Å². The van der Waals surface area contributed by atoms with E-state index in [-0.39, 0.29) is 28.5 Å². The topological polar surface area (TPSA) is 140 Å². The number of carbonyl (C=O) groups is 3. The minimum Gasteiger partial charge on any atom is -0.493 e. The van der Waals surface area contributed by atoms with Crippen LogP contribution in [0.1, 0.15) is 36.7 Å². The Hall–Kier alpha value is -4.84. The molecule has 0 bridgehead atoms. The third kappa shape index (κ3) is 5.21. The molecule has 4 aromatic rings. The number of fused-ring (bicyclic) bond motifs is 2. The number of methoxy groups -OCH3 is 2. The lowest BCUT2D eigenvalue weighted by Gasteiger charge is -2.09. The molecule has 5 rings (SSSR count). The number of thiophene rings is 1. The largest absolute Gasteiger partial charge is 0.493 e. The van der Waals surface area contributed by atoms with Crippen LogP contribution in [0.5, 0.6) is 17.2 Å². The third-order valence-corrected chi connectivity index (χ3v) is 7.23. The number of amides is 1. The number of hydrogen-bond donors (Lipinski definition) is 1. The lowest BCUT2D eigenvalue weighted by atomic mass is 10.0. The van der Waals surface area contributed by atoms with Gasteiger partial charge >= 0.3 is 17.6 Å². The number of carbonyl (C=O) groups excluding carboxylic acids is 3. The molecule has 1 N–H and O–H groups in total. The van der Waals surface area contributed by atoms with E-state index in [1.165, 1.54) is 31.6 Å². The van der Waals surface area contributed by atoms with E-state index in [4.69, 9.17) is 28.1 Å². The highest BCUT2D eigenvalue weighted by molar-refractivity contribution is 7.16. The van der Waals surface area contributed by atoms with Crippen LogP contribution in [0, 0.1) is 6.92 Å². The van der Waals surface area contributed by atoms with E-state index in [9.17, 15) is 19.2 Å². The van der Waals surface area contributed by atoms with Crippen molar-refractivity contribution in [3.8, 4) is 17.2 Å². The predicted octanol–water partition coefficient (Wildman–Crippen LogP) is 4.07. The zero-order valence-corrected chi connectivity index (χ0v) is 22.5. The summed E-state index contributed by atoms with van der Waals surface area (Å²) in [7, 11) is 2.67. The van der Waals surface area contributed by atoms with Gasteiger partial charge in [0, 0.05) is 10.3 Å². The van der Waals surface area contributed by atoms with Crippen molar-refractivity contribution in [2.24, 2.45) is 0 Å². The van der Waals surface area contributed by atoms with Crippen molar-refractivity contribution in [3.05, 3.63) is 80.0 Å². The van der Waals surface area contributed by atoms with Crippen LogP contribution in [0.4, 0.5) is 5.00 Å². The normalized spacial score (nSPS) is 11.8. The molecule has 2 aromatic carbocycles. The van der Waals surface area contributed by atoms with Gasteiger partial charge in [0.1, 0.15) is 10.6 Å². The highest BCUT2D eigenvalue weighted by Gasteiger charge is 2.26. The number of para-hydroxylation sites is 1. The molecule has 0 saturated carbocycles. The molecule has 2 aromatic heterocycles. The summed E-state index contributed by atoms with van der Waals surface area (Å²) in [4.78, 5) is 51.2. The van der Waals surface area contributed by atoms with Crippen molar-refractivity contribution in [1.82, 2.24) is 0 Å². The van der Waals surface area contributed by atoms with Gasteiger partial charge in [-0.2, -0.15) is 0 Å². The average Bonchev–Trinajstić information content (AvgIpc) is 3.54. The Morgan fingerprint density at radius 3 is 2.60 bits per heavy atom. The summed E-state index contributed by atoms with van der Waals surface area (Å²) in [5.74, 6) is -0.785. The molecule has 0 aliphatic carbocycles. The highest BCUT2D eigenvalue weighted by Crippen LogP contribution is 2.37. The molecular formula is C28H23NO10S. The van der Waals surface area contributed by atoms with E-state index in [0.29, 0.717) is 34.6 Å². The number of anilines is 1. The van der Waals surface area contributed by atoms with Gasteiger partial charge in [-0.25, -0.2) is 14.4 Å². The molecule has 3 heterocycles. The Kier molecular flexibility index (Phi) is 7.43. The number of esters is 2. The number of benzene rings is 2. The summed E-state index contributed by atoms with van der Waals surface area (Å²) in [6.45, 7) is 1.26. The first-order chi connectivity index (χ1) is 19.3. The summed E-state index contributed by atoms with van der Waals surface area (Å²) in [5, 5.41) is 3.31. The SMILES string of the molecule is COC(=O)c1c(NC(=O)COC(=O)c2cc3cccc(OC)c3oc2=O)sc(C)c1Cc1ccc2c(c1)OCO2. The second-order valence-corrected chi connectivity index (χ2v) is 9.87. The van der Waals surface area contributed by atoms with Crippen molar-refractivity contribution in [2.45, 2.75) is 13.3 Å². The fourth-order valence-corrected chi connectivity index (χ4v) is 5.32. The van der Waals surface area contributed by atoms with E-state index in [1.54, 1.807) is 24.3 Å². The first-order valence-corrected chi connectivity index (χ1v) is 12.8. The molecule has 0 atom stereocenters. The first-order valence-electron chi connectivity index (χ1n) is 12.0. The van der Waals surface area contributed by atoms with Gasteiger partial charge in [-0.15, -0.1) is 11.3 Å². The van der Waals surface area contributed by atoms with Gasteiger partial charge in [0.05, 0.1) is 19.8 Å². The molecular weight excluding hydrogens is 542 g/mol. The van der Waals surface area contributed by atoms with E-state index >= 15 is 0 Å². The number of aryl methyl sites for hydroxylation is 1. The second kappa shape index (κ2) is 11.1. The van der Waals surface area contributed by atoms with Gasteiger partial charge in [-0.3, -0.25) is 4.79 Å². The molecule has 0 unspecified atom stereocenters. The Bertz CT molecular complexity index is 1700. The molecule has 206 valence electrons. The molecule has 1 aliphatic rings. The van der Waals surface area contributed by atoms with E-state index in [2.05, 4.69) is 5.32 Å². The zero-order valence-electron chi connectivity index (χ0n) is 21.7. The monoisotopic (exact) mass is 565 g/mol. The maximum absolute atomic E-state index is 12.7. The van der Waals surface area contributed by atoms with Crippen LogP contribution in [0.2, 0.25) is 0 Å². The standard InChI is InChI=1S/C28H23NO10S/c1-14-17(9-15-7-8-19-21(10-15)38-13-37-19)23(28(33)35-3)25(40-14)29-22(30)12-36-26(31)18-11-16-5-4-6-20(34-2)24(16)39-27(18)32/h4-8,10-11H,9,12-13H2,1-3H3,(H,29,30). The van der Waals surface area contributed by atoms with Crippen LogP contribution < -0.4 is 25.2 Å². The van der Waals surface area contributed by atoms with Gasteiger partial charge in [0.25, 0.3) is 5.91 Å². The second-order valence-electron chi connectivity index (χ2n) is 8.65. The van der Waals surface area contributed by atoms with Crippen LogP contribution in [-0.4, -0.2) is 45.5 Å². The Labute approximate surface area is 231 Å². The van der Waals surface area contributed by atoms with Crippen molar-refractivity contribution in [2.75, 3.05) is 32.9 Å². The number of ether oxygens (including phenoxy) is 5. The first kappa shape index (κ1) is 26.8. The van der Waals surface area contributed by atoms with Gasteiger partial charge < -0.3 is 33.4 Å². The van der Waals surface area contributed by atoms with E-state index < -0.39 is 30.1 Å². The summed E-state index contributed by atoms with van der Waals surface area (Å²) in [6, 6.07) is 11.7. The predicted molar refractivity (Wildman–Crippen MR) is 144 cm³/mol. The fraction of sp³-hybridized carbons (Fsp3) is 0.214. The lowest BCUT2D eigenvalue weighted by Crippen LogP contribution is -2.24. The average molecular weight is 566 g/mol. The lowest BCUT2D eigenvalue weighted by molar-refractivity contribution is -0.119. The van der Waals surface area contributed by atoms with Gasteiger partial charge in [-0.1, -0.05) is 18.2 Å². The number of nitrogens with one attached hydrogen (secondary N) is 1. The minimum absolute atomic E-state index is 0.144. The molecule has 40 heavy (non-hydrogen) atoms. The van der Waals surface area contributed by atoms with Crippen LogP contribution in [0.3, 0.4) is 0 Å². The van der Waals surface area contributed by atoms with Gasteiger partial charge in [0.15, 0.2) is 29.4 Å². The molecule has 0 fully saturated rings. The summed E-state index contributed by atoms with van der Waals surface area (Å²) in [5.41, 5.74) is 0.621. The quantitative estimate of drug-likeness (QED) is 0.246. The van der Waals surface area contributed by atoms with Crippen LogP contribution >= 0.6 is 11.3 Å². The zero-order chi connectivity index (χ0) is 28.4. The fourth-order valence-electron chi connectivity index (χ4n) is 4.25. The Morgan fingerprint density at radius 2 is 1.82 bits per heavy atom. The van der Waals surface area contributed by atoms with Crippen molar-refractivity contribution >= 4 is 45.2 Å². The summed E-state index contributed by atoms with van der Waals surface area (Å²) >= 11 is 1.19. The Balaban J connectivity index is 1.31. The maximum Gasteiger partial charge on any atom is 0.351 e. The number of hydrogen-bond acceptors (Lipinski definition) is 11. The molecule has 0 radical (unpaired) electrons. The van der Waals surface area contributed by atoms with Crippen molar-refractivity contribution < 1.29 is 42.5 Å². The van der Waals surface area contributed by atoms with Crippen molar-refractivity contribution in [3.63, 3.8) is 0 Å². The van der Waals surface area contributed by atoms with Crippen LogP contribution in [0.25, 0.3) is 11.0 Å². The smallest absolute Gasteiger partial charge is 0.351 e. The molecule has 1 aliphatic heterocycles. The third-order valence-electron chi connectivity index (χ3n) is 6.17. The number of rotatable bonds is 8. The molecule has 0 spiro atoms. The van der Waals surface area contributed by atoms with Crippen LogP contribution in [-0.2, 0) is 20.7 Å². The van der Waals surface area contributed by atoms with E-state index in [0.717, 1.165) is 10.4 Å². The maximum atomic E-state index is 12.7. The molecule has 11 nitrogen and oxygen atoms in total. The van der Waals surface area contributed by atoms with Gasteiger partial charge in [-0.05, 0) is 48.7 Å². The summed E-state index contributed by atoms with van der Waals surface area (Å²) < 4.78 is 31.2. The Morgan fingerprint density at radius 1 is 1.02 bits per heavy atom. The molecule has 0 saturated heterocycles. The van der Waals surface area contributed by atoms with E-state index in [1.807, 2.05) is 19.1 Å². The van der Waals surface area contributed by atoms with Gasteiger partial charge in [0.2, 0.25) is 6.79 Å². The molecule has 1 amide bonds. The van der Waals surface area contributed by atoms with Crippen molar-refractivity contribution in [1.29, 1.82) is 0 Å². The molecule has 12 heteroatoms.